The highest BCUT2D eigenvalue weighted by Gasteiger charge is 2.74. The number of carboxylic acid groups (broad SMARTS) is 1. The summed E-state index contributed by atoms with van der Waals surface area (Å²) in [5.74, 6) is -9.28. The van der Waals surface area contributed by atoms with E-state index < -0.39 is 365 Å². The molecule has 4 saturated carbocycles. The summed E-state index contributed by atoms with van der Waals surface area (Å²) in [4.78, 5) is 72.1. The lowest BCUT2D eigenvalue weighted by Gasteiger charge is -2.71. The molecule has 0 amide bonds. The molecule has 22 N–H and O–H groups in total. The van der Waals surface area contributed by atoms with Crippen LogP contribution in [0.3, 0.4) is 0 Å². The van der Waals surface area contributed by atoms with Crippen LogP contribution < -0.4 is 0 Å². The second-order valence-electron chi connectivity index (χ2n) is 42.9. The van der Waals surface area contributed by atoms with Crippen molar-refractivity contribution in [2.45, 2.75) is 437 Å². The van der Waals surface area contributed by atoms with Crippen molar-refractivity contribution in [3.05, 3.63) is 11.6 Å². The number of carbonyl (C=O) groups excluding carboxylic acids is 4. The van der Waals surface area contributed by atoms with Crippen LogP contribution in [-0.4, -0.2) is 427 Å². The Labute approximate surface area is 799 Å². The maximum atomic E-state index is 16.4. The van der Waals surface area contributed by atoms with Gasteiger partial charge in [0.05, 0.1) is 100 Å². The maximum Gasteiger partial charge on any atom is 0.335 e. The Morgan fingerprint density at radius 3 is 1.74 bits per heavy atom. The molecule has 45 nitrogen and oxygen atoms in total. The van der Waals surface area contributed by atoms with Crippen LogP contribution in [0.15, 0.2) is 11.6 Å². The summed E-state index contributed by atoms with van der Waals surface area (Å²) in [6.45, 7) is 19.7. The Bertz CT molecular complexity index is 4120. The number of aliphatic carboxylic acids is 1. The topological polar surface area (TPSA) is 697 Å². The van der Waals surface area contributed by atoms with Gasteiger partial charge in [0.15, 0.2) is 56.1 Å². The van der Waals surface area contributed by atoms with Crippen molar-refractivity contribution in [1.82, 2.24) is 0 Å². The molecule has 5 aliphatic carbocycles. The summed E-state index contributed by atoms with van der Waals surface area (Å²) in [5, 5.41) is 248. The minimum absolute atomic E-state index is 0.0175. The minimum atomic E-state index is -2.26. The summed E-state index contributed by atoms with van der Waals surface area (Å²) in [7, 11) is 0. The van der Waals surface area contributed by atoms with E-state index in [4.69, 9.17) is 85.3 Å². The van der Waals surface area contributed by atoms with Crippen molar-refractivity contribution in [3.63, 3.8) is 0 Å². The zero-order chi connectivity index (χ0) is 101. The van der Waals surface area contributed by atoms with Crippen molar-refractivity contribution in [1.29, 1.82) is 0 Å². The van der Waals surface area contributed by atoms with Crippen molar-refractivity contribution >= 4 is 30.2 Å². The molecule has 17 unspecified atom stereocenters. The first-order chi connectivity index (χ1) is 64.7. The molecule has 12 fully saturated rings. The molecule has 0 aromatic carbocycles. The number of allylic oxidation sites excluding steroid dienone is 2. The third-order valence-corrected chi connectivity index (χ3v) is 33.6. The molecule has 0 spiro atoms. The van der Waals surface area contributed by atoms with E-state index in [1.54, 1.807) is 27.7 Å². The van der Waals surface area contributed by atoms with Gasteiger partial charge in [-0.25, -0.2) is 4.79 Å². The number of hydrogen-bond acceptors (Lipinski definition) is 44. The molecule has 45 heteroatoms. The number of ether oxygens (including phenoxy) is 18. The number of aliphatic hydroxyl groups is 21. The van der Waals surface area contributed by atoms with E-state index in [-0.39, 0.29) is 50.5 Å². The molecule has 50 atom stereocenters. The number of fused-ring (bicyclic) bond motifs is 7. The lowest BCUT2D eigenvalue weighted by Crippen LogP contribution is -2.69. The molecule has 13 rings (SSSR count). The number of carbonyl (C=O) groups is 5. The van der Waals surface area contributed by atoms with Gasteiger partial charge in [-0.1, -0.05) is 101 Å². The Hall–Kier alpha value is -4.15. The summed E-state index contributed by atoms with van der Waals surface area (Å²) >= 11 is 0. The third kappa shape index (κ3) is 21.3. The van der Waals surface area contributed by atoms with E-state index in [1.807, 2.05) is 27.7 Å². The first-order valence-electron chi connectivity index (χ1n) is 48.7. The molecule has 8 aliphatic heterocycles. The lowest BCUT2D eigenvalue weighted by molar-refractivity contribution is -0.391. The van der Waals surface area contributed by atoms with Gasteiger partial charge < -0.3 is 202 Å². The fourth-order valence-electron chi connectivity index (χ4n) is 24.4. The summed E-state index contributed by atoms with van der Waals surface area (Å²) in [5.41, 5.74) is -7.67. The van der Waals surface area contributed by atoms with Gasteiger partial charge in [-0.3, -0.25) is 14.4 Å². The summed E-state index contributed by atoms with van der Waals surface area (Å²) < 4.78 is 108. The van der Waals surface area contributed by atoms with E-state index in [9.17, 15) is 132 Å². The van der Waals surface area contributed by atoms with Crippen molar-refractivity contribution < 1.29 is 222 Å². The van der Waals surface area contributed by atoms with Crippen LogP contribution in [0.5, 0.6) is 0 Å². The number of aliphatic hydroxyl groups excluding tert-OH is 19. The standard InChI is InChI=1S/C93H150O45/c1-14-38(4)49(127-56(102)27-43(98)26-50(39(5)15-2)138-93(120)37-123-48(16-3)75(93)114)25-42(97)28-57(103)130-69-41(7)126-82(73(65(69)111)135-80-64(110)61(107)68(40(6)125-80)131-79-67(113)70(47(100)33-122-79)132-84-76(115)91(119,35-96)36-124-84)137-85(118)92-24-23-86(8,9)29-45(92)44-17-18-53-87(10)21-20-55(88(11,34-95)52(87)19-22-89(53,12)90(44,13)30-54(92)101)129-83-74(136-81-63(109)60(106)59(105)51(31-94)128-81)71(66(112)72(134-83)77(116)117)133-78-62(108)58(104)46(99)32-121-78/h17,34,38-43,45-55,58-76,78-84,94,96-101,104-115,119-120H,14-16,18-33,35-37H2,1-13H3,(H,116,117)/t38-,39-,40?,41?,42-,43-,45?,46+,47?,48-,49-,50-,51?,52?,53?,54+,55-,58-,59-,60-,61+,62?,63?,64?,65?,66+,67-,68-,69+,70-,71-,72?,73+,74?,75?,76?,78-,79?,80-,81-,82-,83+,84-,87-,88-,89+,90+,91+,92+,93?/m0/s1. The quantitative estimate of drug-likeness (QED) is 0.00713. The van der Waals surface area contributed by atoms with Crippen LogP contribution in [0.4, 0.5) is 0 Å². The lowest BCUT2D eigenvalue weighted by atomic mass is 9.33. The molecular weight excluding hydrogens is 1840 g/mol. The highest BCUT2D eigenvalue weighted by atomic mass is 16.8. The number of aldehydes is 1. The second-order valence-corrected chi connectivity index (χ2v) is 42.9. The van der Waals surface area contributed by atoms with Crippen molar-refractivity contribution in [2.75, 3.05) is 39.6 Å². The molecule has 0 aromatic rings. The van der Waals surface area contributed by atoms with Crippen LogP contribution >= 0.6 is 0 Å². The average molecular weight is 1990 g/mol. The van der Waals surface area contributed by atoms with Crippen molar-refractivity contribution in [2.24, 2.45) is 62.1 Å². The fraction of sp³-hybridized carbons (Fsp3) is 0.925. The van der Waals surface area contributed by atoms with Crippen LogP contribution in [0.25, 0.3) is 0 Å². The van der Waals surface area contributed by atoms with Gasteiger partial charge in [0.1, 0.15) is 146 Å². The van der Waals surface area contributed by atoms with Gasteiger partial charge in [0, 0.05) is 12.8 Å². The van der Waals surface area contributed by atoms with Crippen LogP contribution in [0.1, 0.15) is 193 Å². The molecule has 792 valence electrons. The first kappa shape index (κ1) is 111. The maximum absolute atomic E-state index is 16.4. The van der Waals surface area contributed by atoms with Gasteiger partial charge in [-0.15, -0.1) is 0 Å². The van der Waals surface area contributed by atoms with E-state index in [1.165, 1.54) is 13.8 Å². The van der Waals surface area contributed by atoms with Crippen molar-refractivity contribution in [3.8, 4) is 0 Å². The monoisotopic (exact) mass is 1990 g/mol. The normalized spacial score (nSPS) is 48.7. The number of rotatable bonds is 35. The third-order valence-electron chi connectivity index (χ3n) is 33.6. The number of carboxylic acids is 1. The molecule has 13 aliphatic rings. The molecule has 0 bridgehead atoms. The van der Waals surface area contributed by atoms with Gasteiger partial charge in [-0.2, -0.15) is 0 Å². The number of esters is 3. The van der Waals surface area contributed by atoms with Gasteiger partial charge in [-0.05, 0) is 129 Å². The van der Waals surface area contributed by atoms with Gasteiger partial charge >= 0.3 is 23.9 Å². The zero-order valence-corrected chi connectivity index (χ0v) is 80.3. The van der Waals surface area contributed by atoms with E-state index in [0.717, 1.165) is 11.9 Å². The van der Waals surface area contributed by atoms with Gasteiger partial charge in [0.2, 0.25) is 12.1 Å². The van der Waals surface area contributed by atoms with Crippen LogP contribution in [0, 0.1) is 62.1 Å². The predicted molar refractivity (Wildman–Crippen MR) is 461 cm³/mol. The predicted octanol–water partition coefficient (Wildman–Crippen LogP) is -4.27. The Kier molecular flexibility index (Phi) is 35.2. The van der Waals surface area contributed by atoms with Crippen LogP contribution in [0.2, 0.25) is 0 Å². The highest BCUT2D eigenvalue weighted by molar-refractivity contribution is 5.80. The van der Waals surface area contributed by atoms with E-state index >= 15 is 4.79 Å². The number of hydrogen-bond donors (Lipinski definition) is 22. The largest absolute Gasteiger partial charge is 0.479 e. The van der Waals surface area contributed by atoms with Gasteiger partial charge in [0.25, 0.3) is 0 Å². The Morgan fingerprint density at radius 2 is 1.11 bits per heavy atom. The Morgan fingerprint density at radius 1 is 0.522 bits per heavy atom. The molecule has 8 saturated heterocycles. The molecule has 8 heterocycles. The molecule has 0 aromatic heterocycles. The average Bonchev–Trinajstić information content (AvgIpc) is 0.829. The summed E-state index contributed by atoms with van der Waals surface area (Å²) in [6.07, 6.45) is -62.5. The first-order valence-corrected chi connectivity index (χ1v) is 48.7. The highest BCUT2D eigenvalue weighted by Crippen LogP contribution is 2.76. The molecular formula is C93H150O45. The minimum Gasteiger partial charge on any atom is -0.479 e. The smallest absolute Gasteiger partial charge is 0.335 e. The van der Waals surface area contributed by atoms with E-state index in [2.05, 4.69) is 26.8 Å². The zero-order valence-electron chi connectivity index (χ0n) is 80.3. The van der Waals surface area contributed by atoms with Crippen LogP contribution in [-0.2, 0) is 109 Å². The molecule has 0 radical (unpaired) electrons. The second kappa shape index (κ2) is 43.7. The molecule has 138 heavy (non-hydrogen) atoms. The fourth-order valence-corrected chi connectivity index (χ4v) is 24.4. The summed E-state index contributed by atoms with van der Waals surface area (Å²) in [6, 6.07) is 0. The Balaban J connectivity index is 0.749. The SMILES string of the molecule is CC[C@@H]1OCC(O)(O[C@@H](C[C@H](O)CC(=O)O[C@@H](C[C@H](O)CC(=O)O[C@@H]2C(C)O[C@@H](OC(=O)[C@]34CCC(C)(C)CC3C3=CCC5[C@@]6(C)CC[C@H](O[C@@H]7OC(C(=O)O)[C@H](O)[C@H](O[C@@H]8OC[C@@H](O)[C@H](O)C8O)C7O[C@@H]7OC(CO)[C@H](O)[C@H](O)C7O)[C@@](C)(C=O)C6CC[C@@]5(C)[C@]3(C)C[C@H]4O)[C@H](O[C@@H]3OC(C)[C@H](OC4OCC(O)[C@H](O[C@@H]5OC[C@](O)(CO)C5O)[C@@H]4O)[C@H](O)C3O)C2O)[C@@H](C)CC)[C@@H](C)CC)C1O. The van der Waals surface area contributed by atoms with E-state index in [0.29, 0.717) is 57.8 Å².